The minimum atomic E-state index is 0.777. The van der Waals surface area contributed by atoms with Crippen molar-refractivity contribution in [1.29, 1.82) is 0 Å². The van der Waals surface area contributed by atoms with Gasteiger partial charge in [-0.15, -0.1) is 0 Å². The normalized spacial score (nSPS) is 11.3. The Hall–Kier alpha value is -1.01. The molecule has 6 heteroatoms. The molecule has 0 bridgehead atoms. The van der Waals surface area contributed by atoms with Gasteiger partial charge in [0.1, 0.15) is 4.60 Å². The summed E-state index contributed by atoms with van der Waals surface area (Å²) >= 11 is 6.77. The maximum atomic E-state index is 4.35. The number of hydrogen-bond acceptors (Lipinski definition) is 3. The van der Waals surface area contributed by atoms with Gasteiger partial charge >= 0.3 is 0 Å². The van der Waals surface area contributed by atoms with Crippen LogP contribution in [-0.4, -0.2) is 19.5 Å². The van der Waals surface area contributed by atoms with Crippen LogP contribution in [0.1, 0.15) is 17.1 Å². The molecule has 0 atom stereocenters. The number of nitrogens with zero attached hydrogens (tertiary/aromatic N) is 4. The Bertz CT molecular complexity index is 575. The van der Waals surface area contributed by atoms with Gasteiger partial charge in [-0.05, 0) is 50.9 Å². The van der Waals surface area contributed by atoms with E-state index in [0.717, 1.165) is 26.4 Å². The molecule has 2 aromatic rings. The zero-order chi connectivity index (χ0) is 12.4. The van der Waals surface area contributed by atoms with Crippen LogP contribution in [-0.2, 0) is 7.05 Å². The van der Waals surface area contributed by atoms with E-state index in [1.807, 2.05) is 30.7 Å². The second-order valence-electron chi connectivity index (χ2n) is 3.53. The predicted molar refractivity (Wildman–Crippen MR) is 74.3 cm³/mol. The van der Waals surface area contributed by atoms with Crippen molar-refractivity contribution in [2.24, 2.45) is 7.05 Å². The smallest absolute Gasteiger partial charge is 0.178 e. The fourth-order valence-electron chi connectivity index (χ4n) is 1.36. The molecule has 0 aliphatic carbocycles. The van der Waals surface area contributed by atoms with Crippen LogP contribution in [0.3, 0.4) is 0 Å². The molecule has 2 aromatic heterocycles. The molecule has 0 radical (unpaired) electrons. The summed E-state index contributed by atoms with van der Waals surface area (Å²) in [4.78, 5) is 12.7. The number of aryl methyl sites for hydroxylation is 1. The van der Waals surface area contributed by atoms with Crippen molar-refractivity contribution in [3.63, 3.8) is 0 Å². The average molecular weight is 358 g/mol. The summed E-state index contributed by atoms with van der Waals surface area (Å²) in [6.45, 7) is 1.92. The molecule has 4 nitrogen and oxygen atoms in total. The highest BCUT2D eigenvalue weighted by atomic mass is 79.9. The summed E-state index contributed by atoms with van der Waals surface area (Å²) in [7, 11) is 1.93. The minimum Gasteiger partial charge on any atom is -0.321 e. The van der Waals surface area contributed by atoms with Gasteiger partial charge in [0.05, 0.1) is 23.3 Å². The van der Waals surface area contributed by atoms with E-state index in [-0.39, 0.29) is 0 Å². The van der Waals surface area contributed by atoms with E-state index >= 15 is 0 Å². The third kappa shape index (κ3) is 2.81. The van der Waals surface area contributed by atoms with Gasteiger partial charge in [-0.3, -0.25) is 9.97 Å². The van der Waals surface area contributed by atoms with Crippen LogP contribution in [0.25, 0.3) is 12.2 Å². The summed E-state index contributed by atoms with van der Waals surface area (Å²) < 4.78 is 3.51. The van der Waals surface area contributed by atoms with Crippen molar-refractivity contribution in [2.45, 2.75) is 6.92 Å². The number of imidazole rings is 1. The zero-order valence-corrected chi connectivity index (χ0v) is 12.5. The second-order valence-corrected chi connectivity index (χ2v) is 4.99. The Kier molecular flexibility index (Phi) is 3.73. The first-order valence-corrected chi connectivity index (χ1v) is 6.51. The van der Waals surface area contributed by atoms with Gasteiger partial charge in [-0.25, -0.2) is 4.98 Å². The van der Waals surface area contributed by atoms with Crippen LogP contribution in [0, 0.1) is 6.92 Å². The Morgan fingerprint density at radius 3 is 2.53 bits per heavy atom. The Morgan fingerprint density at radius 1 is 1.18 bits per heavy atom. The van der Waals surface area contributed by atoms with Crippen molar-refractivity contribution >= 4 is 44.0 Å². The van der Waals surface area contributed by atoms with Crippen LogP contribution in [0.2, 0.25) is 0 Å². The van der Waals surface area contributed by atoms with Crippen molar-refractivity contribution in [1.82, 2.24) is 19.5 Å². The topological polar surface area (TPSA) is 43.6 Å². The number of halogens is 2. The molecule has 0 N–H and O–H groups in total. The molecule has 17 heavy (non-hydrogen) atoms. The quantitative estimate of drug-likeness (QED) is 0.828. The molecule has 0 amide bonds. The van der Waals surface area contributed by atoms with Gasteiger partial charge in [0.2, 0.25) is 0 Å². The van der Waals surface area contributed by atoms with Crippen LogP contribution < -0.4 is 0 Å². The number of aromatic nitrogens is 4. The standard InChI is InChI=1S/C11H10Br2N4/c1-7-5-14-6-8(15-7)3-4-9-10(12)16-11(13)17(9)2/h3-6H,1-2H3/b4-3+. The largest absolute Gasteiger partial charge is 0.321 e. The van der Waals surface area contributed by atoms with E-state index in [9.17, 15) is 0 Å². The fourth-order valence-corrected chi connectivity index (χ4v) is 2.53. The number of hydrogen-bond donors (Lipinski definition) is 0. The van der Waals surface area contributed by atoms with E-state index in [2.05, 4.69) is 46.8 Å². The lowest BCUT2D eigenvalue weighted by atomic mass is 10.3. The van der Waals surface area contributed by atoms with Crippen molar-refractivity contribution in [3.8, 4) is 0 Å². The molecule has 0 aromatic carbocycles. The Labute approximate surface area is 116 Å². The molecule has 0 saturated heterocycles. The molecule has 0 aliphatic heterocycles. The first-order valence-electron chi connectivity index (χ1n) is 4.92. The molecule has 88 valence electrons. The van der Waals surface area contributed by atoms with Crippen LogP contribution in [0.5, 0.6) is 0 Å². The highest BCUT2D eigenvalue weighted by molar-refractivity contribution is 9.11. The molecular formula is C11H10Br2N4. The first kappa shape index (κ1) is 12.4. The van der Waals surface area contributed by atoms with Crippen molar-refractivity contribution in [2.75, 3.05) is 0 Å². The van der Waals surface area contributed by atoms with Crippen LogP contribution in [0.15, 0.2) is 21.7 Å². The molecule has 0 spiro atoms. The van der Waals surface area contributed by atoms with Gasteiger partial charge < -0.3 is 4.57 Å². The Balaban J connectivity index is 2.32. The van der Waals surface area contributed by atoms with E-state index in [1.54, 1.807) is 12.4 Å². The van der Waals surface area contributed by atoms with Crippen LogP contribution in [0.4, 0.5) is 0 Å². The van der Waals surface area contributed by atoms with Gasteiger partial charge in [-0.2, -0.15) is 0 Å². The Morgan fingerprint density at radius 2 is 1.94 bits per heavy atom. The molecule has 0 aliphatic rings. The monoisotopic (exact) mass is 356 g/mol. The van der Waals surface area contributed by atoms with Gasteiger partial charge in [0.15, 0.2) is 4.73 Å². The summed E-state index contributed by atoms with van der Waals surface area (Å²) in [6, 6.07) is 0. The first-order chi connectivity index (χ1) is 8.08. The zero-order valence-electron chi connectivity index (χ0n) is 9.35. The van der Waals surface area contributed by atoms with Crippen molar-refractivity contribution in [3.05, 3.63) is 38.8 Å². The highest BCUT2D eigenvalue weighted by Gasteiger charge is 2.07. The van der Waals surface area contributed by atoms with E-state index in [1.165, 1.54) is 0 Å². The molecule has 0 saturated carbocycles. The maximum Gasteiger partial charge on any atom is 0.178 e. The lowest BCUT2D eigenvalue weighted by molar-refractivity contribution is 0.871. The lowest BCUT2D eigenvalue weighted by Crippen LogP contribution is -1.91. The van der Waals surface area contributed by atoms with E-state index < -0.39 is 0 Å². The summed E-state index contributed by atoms with van der Waals surface area (Å²) in [5.41, 5.74) is 2.70. The SMILES string of the molecule is Cc1cncc(/C=C/c2c(Br)nc(Br)n2C)n1. The number of rotatable bonds is 2. The molecule has 0 unspecified atom stereocenters. The molecule has 0 fully saturated rings. The lowest BCUT2D eigenvalue weighted by Gasteiger charge is -1.98. The maximum absolute atomic E-state index is 4.35. The van der Waals surface area contributed by atoms with E-state index in [0.29, 0.717) is 0 Å². The summed E-state index contributed by atoms with van der Waals surface area (Å²) in [5, 5.41) is 0. The third-order valence-electron chi connectivity index (χ3n) is 2.23. The minimum absolute atomic E-state index is 0.777. The highest BCUT2D eigenvalue weighted by Crippen LogP contribution is 2.22. The third-order valence-corrected chi connectivity index (χ3v) is 3.52. The summed E-state index contributed by atoms with van der Waals surface area (Å²) in [6.07, 6.45) is 7.32. The van der Waals surface area contributed by atoms with E-state index in [4.69, 9.17) is 0 Å². The predicted octanol–water partition coefficient (Wildman–Crippen LogP) is 3.21. The van der Waals surface area contributed by atoms with Crippen LogP contribution >= 0.6 is 31.9 Å². The fraction of sp³-hybridized carbons (Fsp3) is 0.182. The average Bonchev–Trinajstić information content (AvgIpc) is 2.51. The molecule has 2 heterocycles. The second kappa shape index (κ2) is 5.10. The van der Waals surface area contributed by atoms with Gasteiger partial charge in [0.25, 0.3) is 0 Å². The molecular weight excluding hydrogens is 348 g/mol. The molecule has 2 rings (SSSR count). The van der Waals surface area contributed by atoms with Gasteiger partial charge in [-0.1, -0.05) is 0 Å². The summed E-state index contributed by atoms with van der Waals surface area (Å²) in [5.74, 6) is 0. The van der Waals surface area contributed by atoms with Crippen molar-refractivity contribution < 1.29 is 0 Å². The van der Waals surface area contributed by atoms with Gasteiger partial charge in [0, 0.05) is 13.2 Å².